The fraction of sp³-hybridized carbons (Fsp3) is 0.188. The Bertz CT molecular complexity index is 761. The van der Waals surface area contributed by atoms with Crippen LogP contribution in [0.3, 0.4) is 0 Å². The van der Waals surface area contributed by atoms with Crippen molar-refractivity contribution in [2.75, 3.05) is 6.54 Å². The lowest BCUT2D eigenvalue weighted by Crippen LogP contribution is -2.37. The molecule has 1 amide bonds. The van der Waals surface area contributed by atoms with E-state index in [1.54, 1.807) is 17.0 Å². The van der Waals surface area contributed by atoms with Gasteiger partial charge in [0.25, 0.3) is 5.91 Å². The van der Waals surface area contributed by atoms with Crippen LogP contribution in [-0.4, -0.2) is 33.4 Å². The second-order valence-corrected chi connectivity index (χ2v) is 5.90. The predicted octanol–water partition coefficient (Wildman–Crippen LogP) is 2.74. The highest BCUT2D eigenvalue weighted by molar-refractivity contribution is 9.10. The van der Waals surface area contributed by atoms with Crippen LogP contribution >= 0.6 is 15.9 Å². The van der Waals surface area contributed by atoms with Crippen LogP contribution in [0.15, 0.2) is 41.0 Å². The maximum atomic E-state index is 12.6. The minimum absolute atomic E-state index is 0.113. The number of aromatic carboxylic acids is 1. The number of fused-ring (bicyclic) bond motifs is 1. The fourth-order valence-electron chi connectivity index (χ4n) is 2.62. The molecule has 0 spiro atoms. The molecule has 0 bridgehead atoms. The zero-order valence-corrected chi connectivity index (χ0v) is 13.2. The van der Waals surface area contributed by atoms with E-state index in [1.807, 2.05) is 12.1 Å². The largest absolute Gasteiger partial charge is 0.478 e. The van der Waals surface area contributed by atoms with Crippen molar-refractivity contribution in [3.05, 3.63) is 63.4 Å². The summed E-state index contributed by atoms with van der Waals surface area (Å²) in [5.41, 5.74) is 2.18. The Morgan fingerprint density at radius 2 is 1.95 bits per heavy atom. The molecule has 22 heavy (non-hydrogen) atoms. The molecule has 0 saturated heterocycles. The van der Waals surface area contributed by atoms with E-state index < -0.39 is 5.97 Å². The van der Waals surface area contributed by atoms with Gasteiger partial charge in [0, 0.05) is 41.4 Å². The summed E-state index contributed by atoms with van der Waals surface area (Å²) in [4.78, 5) is 29.9. The van der Waals surface area contributed by atoms with Crippen LogP contribution in [0.2, 0.25) is 0 Å². The van der Waals surface area contributed by atoms with Crippen molar-refractivity contribution in [1.82, 2.24) is 9.88 Å². The van der Waals surface area contributed by atoms with E-state index in [9.17, 15) is 14.7 Å². The molecular formula is C16H13BrN2O3. The van der Waals surface area contributed by atoms with E-state index in [2.05, 4.69) is 20.9 Å². The van der Waals surface area contributed by atoms with Crippen LogP contribution in [0, 0.1) is 0 Å². The quantitative estimate of drug-likeness (QED) is 0.893. The maximum absolute atomic E-state index is 12.6. The molecule has 1 aliphatic heterocycles. The molecule has 1 aromatic heterocycles. The smallest absolute Gasteiger partial charge is 0.336 e. The van der Waals surface area contributed by atoms with E-state index >= 15 is 0 Å². The third-order valence-electron chi connectivity index (χ3n) is 3.73. The van der Waals surface area contributed by atoms with E-state index in [0.29, 0.717) is 24.1 Å². The molecule has 6 heteroatoms. The summed E-state index contributed by atoms with van der Waals surface area (Å²) in [6, 6.07) is 8.70. The van der Waals surface area contributed by atoms with E-state index in [0.717, 1.165) is 10.2 Å². The number of aromatic nitrogens is 1. The lowest BCUT2D eigenvalue weighted by molar-refractivity contribution is 0.0676. The number of nitrogens with zero attached hydrogens (tertiary/aromatic N) is 2. The van der Waals surface area contributed by atoms with Crippen LogP contribution in [0.4, 0.5) is 0 Å². The van der Waals surface area contributed by atoms with Crippen LogP contribution in [0.5, 0.6) is 0 Å². The van der Waals surface area contributed by atoms with Gasteiger partial charge in [-0.15, -0.1) is 0 Å². The first kappa shape index (κ1) is 14.7. The Labute approximate surface area is 135 Å². The zero-order chi connectivity index (χ0) is 15.7. The Kier molecular flexibility index (Phi) is 3.94. The molecule has 2 aromatic rings. The number of hydrogen-bond donors (Lipinski definition) is 1. The molecule has 0 unspecified atom stereocenters. The number of pyridine rings is 1. The Morgan fingerprint density at radius 1 is 1.18 bits per heavy atom. The monoisotopic (exact) mass is 360 g/mol. The van der Waals surface area contributed by atoms with Crippen LogP contribution in [0.1, 0.15) is 32.0 Å². The van der Waals surface area contributed by atoms with E-state index in [-0.39, 0.29) is 18.0 Å². The van der Waals surface area contributed by atoms with Crippen LogP contribution < -0.4 is 0 Å². The lowest BCUT2D eigenvalue weighted by Gasteiger charge is -2.29. The second kappa shape index (κ2) is 5.88. The van der Waals surface area contributed by atoms with Gasteiger partial charge in [0.15, 0.2) is 0 Å². The summed E-state index contributed by atoms with van der Waals surface area (Å²) < 4.78 is 0.732. The zero-order valence-electron chi connectivity index (χ0n) is 11.6. The molecule has 3 rings (SSSR count). The molecule has 0 fully saturated rings. The highest BCUT2D eigenvalue weighted by Crippen LogP contribution is 2.24. The molecule has 2 heterocycles. The summed E-state index contributed by atoms with van der Waals surface area (Å²) in [5.74, 6) is -1.10. The van der Waals surface area contributed by atoms with E-state index in [4.69, 9.17) is 0 Å². The Morgan fingerprint density at radius 3 is 2.68 bits per heavy atom. The molecule has 1 aromatic carbocycles. The summed E-state index contributed by atoms with van der Waals surface area (Å²) in [6.07, 6.45) is 2.07. The van der Waals surface area contributed by atoms with Gasteiger partial charge in [-0.1, -0.05) is 12.1 Å². The molecular weight excluding hydrogens is 348 g/mol. The number of carbonyl (C=O) groups is 2. The highest BCUT2D eigenvalue weighted by atomic mass is 79.9. The summed E-state index contributed by atoms with van der Waals surface area (Å²) >= 11 is 3.38. The molecule has 0 saturated carbocycles. The van der Waals surface area contributed by atoms with Crippen molar-refractivity contribution >= 4 is 27.8 Å². The molecule has 112 valence electrons. The van der Waals surface area contributed by atoms with Crippen molar-refractivity contribution in [3.63, 3.8) is 0 Å². The first-order valence-corrected chi connectivity index (χ1v) is 7.61. The van der Waals surface area contributed by atoms with Crippen molar-refractivity contribution < 1.29 is 14.7 Å². The molecule has 1 N–H and O–H groups in total. The van der Waals surface area contributed by atoms with E-state index in [1.165, 1.54) is 12.3 Å². The first-order chi connectivity index (χ1) is 10.6. The molecule has 5 nitrogen and oxygen atoms in total. The minimum atomic E-state index is -0.992. The third-order valence-corrected chi connectivity index (χ3v) is 4.43. The minimum Gasteiger partial charge on any atom is -0.478 e. The molecule has 0 aliphatic carbocycles. The Hall–Kier alpha value is -2.21. The van der Waals surface area contributed by atoms with Gasteiger partial charge in [0.05, 0.1) is 11.1 Å². The standard InChI is InChI=1S/C16H13BrN2O3/c17-13-4-2-1-3-11(13)15(20)19-8-6-14-12(9-19)10(16(21)22)5-7-18-14/h1-5,7H,6,8-9H2,(H,21,22). The number of benzene rings is 1. The first-order valence-electron chi connectivity index (χ1n) is 6.82. The summed E-state index contributed by atoms with van der Waals surface area (Å²) in [5, 5.41) is 9.29. The number of carboxylic acids is 1. The number of amides is 1. The van der Waals surface area contributed by atoms with Gasteiger partial charge in [-0.3, -0.25) is 9.78 Å². The van der Waals surface area contributed by atoms with Crippen molar-refractivity contribution in [1.29, 1.82) is 0 Å². The summed E-state index contributed by atoms with van der Waals surface area (Å²) in [7, 11) is 0. The number of carboxylic acid groups (broad SMARTS) is 1. The fourth-order valence-corrected chi connectivity index (χ4v) is 3.07. The van der Waals surface area contributed by atoms with Crippen molar-refractivity contribution in [2.24, 2.45) is 0 Å². The van der Waals surface area contributed by atoms with Crippen molar-refractivity contribution in [3.8, 4) is 0 Å². The highest BCUT2D eigenvalue weighted by Gasteiger charge is 2.26. The maximum Gasteiger partial charge on any atom is 0.336 e. The molecule has 1 aliphatic rings. The van der Waals surface area contributed by atoms with Crippen LogP contribution in [0.25, 0.3) is 0 Å². The average Bonchev–Trinajstić information content (AvgIpc) is 2.53. The van der Waals surface area contributed by atoms with Gasteiger partial charge in [0.1, 0.15) is 0 Å². The number of hydrogen-bond acceptors (Lipinski definition) is 3. The number of halogens is 1. The topological polar surface area (TPSA) is 70.5 Å². The van der Waals surface area contributed by atoms with Gasteiger partial charge in [-0.25, -0.2) is 4.79 Å². The number of carbonyl (C=O) groups excluding carboxylic acids is 1. The van der Waals surface area contributed by atoms with Gasteiger partial charge in [-0.2, -0.15) is 0 Å². The molecule has 0 radical (unpaired) electrons. The summed E-state index contributed by atoms with van der Waals surface area (Å²) in [6.45, 7) is 0.800. The lowest BCUT2D eigenvalue weighted by atomic mass is 9.99. The van der Waals surface area contributed by atoms with Crippen molar-refractivity contribution in [2.45, 2.75) is 13.0 Å². The third kappa shape index (κ3) is 2.62. The van der Waals surface area contributed by atoms with Gasteiger partial charge in [-0.05, 0) is 34.1 Å². The average molecular weight is 361 g/mol. The van der Waals surface area contributed by atoms with Gasteiger partial charge < -0.3 is 10.0 Å². The van der Waals surface area contributed by atoms with Gasteiger partial charge in [0.2, 0.25) is 0 Å². The molecule has 0 atom stereocenters. The van der Waals surface area contributed by atoms with Gasteiger partial charge >= 0.3 is 5.97 Å². The Balaban J connectivity index is 1.93. The van der Waals surface area contributed by atoms with Crippen LogP contribution in [-0.2, 0) is 13.0 Å². The predicted molar refractivity (Wildman–Crippen MR) is 83.8 cm³/mol. The normalized spacial score (nSPS) is 13.6. The SMILES string of the molecule is O=C(O)c1ccnc2c1CN(C(=O)c1ccccc1Br)CC2. The second-order valence-electron chi connectivity index (χ2n) is 5.05. The number of rotatable bonds is 2.